The zero-order valence-corrected chi connectivity index (χ0v) is 13.1. The molecule has 2 nitrogen and oxygen atoms in total. The highest BCUT2D eigenvalue weighted by Crippen LogP contribution is 2.45. The van der Waals surface area contributed by atoms with Crippen molar-refractivity contribution in [1.29, 1.82) is 0 Å². The Balaban J connectivity index is 2.01. The van der Waals surface area contributed by atoms with Crippen LogP contribution in [-0.4, -0.2) is 32.1 Å². The van der Waals surface area contributed by atoms with Crippen molar-refractivity contribution in [3.63, 3.8) is 0 Å². The molecule has 1 fully saturated rings. The molecular formula is C17H28N2. The highest BCUT2D eigenvalue weighted by Gasteiger charge is 2.42. The lowest BCUT2D eigenvalue weighted by Gasteiger charge is -2.25. The zero-order chi connectivity index (χ0) is 14.0. The first-order valence-electron chi connectivity index (χ1n) is 7.36. The molecule has 0 spiro atoms. The molecule has 19 heavy (non-hydrogen) atoms. The molecule has 1 aliphatic rings. The molecule has 0 bridgehead atoms. The molecule has 0 saturated heterocycles. The third kappa shape index (κ3) is 3.58. The topological polar surface area (TPSA) is 15.3 Å². The number of rotatable bonds is 6. The van der Waals surface area contributed by atoms with Crippen molar-refractivity contribution in [2.45, 2.75) is 40.2 Å². The Morgan fingerprint density at radius 1 is 1.16 bits per heavy atom. The van der Waals surface area contributed by atoms with Gasteiger partial charge in [0.2, 0.25) is 0 Å². The molecule has 0 heterocycles. The van der Waals surface area contributed by atoms with Gasteiger partial charge in [-0.3, -0.25) is 0 Å². The van der Waals surface area contributed by atoms with Crippen LogP contribution >= 0.6 is 0 Å². The highest BCUT2D eigenvalue weighted by atomic mass is 15.1. The number of benzene rings is 1. The van der Waals surface area contributed by atoms with Crippen LogP contribution in [-0.2, 0) is 6.54 Å². The van der Waals surface area contributed by atoms with Crippen LogP contribution in [0.15, 0.2) is 12.1 Å². The smallest absolute Gasteiger partial charge is 0.0236 e. The van der Waals surface area contributed by atoms with Gasteiger partial charge < -0.3 is 10.2 Å². The number of aryl methyl sites for hydroxylation is 3. The second-order valence-corrected chi connectivity index (χ2v) is 6.58. The minimum Gasteiger partial charge on any atom is -0.319 e. The third-order valence-electron chi connectivity index (χ3n) is 4.38. The van der Waals surface area contributed by atoms with Crippen molar-refractivity contribution < 1.29 is 0 Å². The van der Waals surface area contributed by atoms with E-state index in [1.807, 2.05) is 0 Å². The van der Waals surface area contributed by atoms with Crippen molar-refractivity contribution in [2.24, 2.45) is 5.41 Å². The number of nitrogens with one attached hydrogen (secondary N) is 1. The summed E-state index contributed by atoms with van der Waals surface area (Å²) < 4.78 is 0. The van der Waals surface area contributed by atoms with Crippen LogP contribution in [0.25, 0.3) is 0 Å². The van der Waals surface area contributed by atoms with E-state index in [0.717, 1.165) is 13.1 Å². The average molecular weight is 260 g/mol. The van der Waals surface area contributed by atoms with E-state index in [9.17, 15) is 0 Å². The van der Waals surface area contributed by atoms with Crippen molar-refractivity contribution in [1.82, 2.24) is 10.2 Å². The molecule has 0 unspecified atom stereocenters. The lowest BCUT2D eigenvalue weighted by atomic mass is 9.99. The first-order valence-corrected chi connectivity index (χ1v) is 7.36. The molecule has 2 rings (SSSR count). The molecule has 1 N–H and O–H groups in total. The minimum atomic E-state index is 0.552. The molecule has 2 heteroatoms. The Morgan fingerprint density at radius 2 is 1.74 bits per heavy atom. The summed E-state index contributed by atoms with van der Waals surface area (Å²) in [5.41, 5.74) is 6.30. The number of nitrogens with zero attached hydrogens (tertiary/aromatic N) is 1. The van der Waals surface area contributed by atoms with Crippen LogP contribution in [0.5, 0.6) is 0 Å². The lowest BCUT2D eigenvalue weighted by molar-refractivity contribution is 0.252. The molecule has 0 aromatic heterocycles. The van der Waals surface area contributed by atoms with Crippen LogP contribution in [0.4, 0.5) is 0 Å². The molecule has 1 aromatic rings. The minimum absolute atomic E-state index is 0.552. The largest absolute Gasteiger partial charge is 0.319 e. The van der Waals surface area contributed by atoms with E-state index in [1.165, 1.54) is 41.6 Å². The summed E-state index contributed by atoms with van der Waals surface area (Å²) in [4.78, 5) is 2.50. The Hall–Kier alpha value is -0.860. The Morgan fingerprint density at radius 3 is 2.21 bits per heavy atom. The lowest BCUT2D eigenvalue weighted by Crippen LogP contribution is -2.32. The maximum atomic E-state index is 3.34. The molecule has 0 amide bonds. The fourth-order valence-corrected chi connectivity index (χ4v) is 3.30. The van der Waals surface area contributed by atoms with Crippen LogP contribution in [0, 0.1) is 26.2 Å². The second kappa shape index (κ2) is 5.64. The van der Waals surface area contributed by atoms with E-state index in [0.29, 0.717) is 5.41 Å². The maximum absolute atomic E-state index is 3.34. The van der Waals surface area contributed by atoms with Gasteiger partial charge in [0.1, 0.15) is 0 Å². The summed E-state index contributed by atoms with van der Waals surface area (Å²) in [5.74, 6) is 0. The zero-order valence-electron chi connectivity index (χ0n) is 13.1. The molecule has 0 radical (unpaired) electrons. The highest BCUT2D eigenvalue weighted by molar-refractivity contribution is 5.37. The van der Waals surface area contributed by atoms with Crippen molar-refractivity contribution >= 4 is 0 Å². The standard InChI is InChI=1S/C17H28N2/c1-13-8-14(2)16(15(3)9-13)10-19(5)12-17(6-7-17)11-18-4/h8-9,18H,6-7,10-12H2,1-5H3. The Kier molecular flexibility index (Phi) is 4.32. The fourth-order valence-electron chi connectivity index (χ4n) is 3.30. The molecule has 1 saturated carbocycles. The van der Waals surface area contributed by atoms with Crippen LogP contribution < -0.4 is 5.32 Å². The predicted molar refractivity (Wildman–Crippen MR) is 82.6 cm³/mol. The monoisotopic (exact) mass is 260 g/mol. The van der Waals surface area contributed by atoms with Gasteiger partial charge in [-0.2, -0.15) is 0 Å². The van der Waals surface area contributed by atoms with E-state index < -0.39 is 0 Å². The van der Waals surface area contributed by atoms with Crippen molar-refractivity contribution in [2.75, 3.05) is 27.2 Å². The third-order valence-corrected chi connectivity index (χ3v) is 4.38. The Labute approximate surface area is 118 Å². The summed E-state index contributed by atoms with van der Waals surface area (Å²) in [6.07, 6.45) is 2.76. The first kappa shape index (κ1) is 14.5. The van der Waals surface area contributed by atoms with Crippen LogP contribution in [0.2, 0.25) is 0 Å². The van der Waals surface area contributed by atoms with E-state index in [2.05, 4.69) is 57.2 Å². The molecule has 1 aromatic carbocycles. The SMILES string of the molecule is CNCC1(CN(C)Cc2c(C)cc(C)cc2C)CC1. The molecule has 0 atom stereocenters. The molecule has 0 aliphatic heterocycles. The van der Waals surface area contributed by atoms with Crippen molar-refractivity contribution in [3.05, 3.63) is 34.4 Å². The van der Waals surface area contributed by atoms with E-state index in [1.54, 1.807) is 0 Å². The normalized spacial score (nSPS) is 16.9. The van der Waals surface area contributed by atoms with Gasteiger partial charge in [-0.15, -0.1) is 0 Å². The van der Waals surface area contributed by atoms with E-state index in [-0.39, 0.29) is 0 Å². The van der Waals surface area contributed by atoms with Gasteiger partial charge in [-0.1, -0.05) is 17.7 Å². The summed E-state index contributed by atoms with van der Waals surface area (Å²) in [5, 5.41) is 3.34. The van der Waals surface area contributed by atoms with Crippen molar-refractivity contribution in [3.8, 4) is 0 Å². The summed E-state index contributed by atoms with van der Waals surface area (Å²) in [6.45, 7) is 10.1. The number of hydrogen-bond donors (Lipinski definition) is 1. The summed E-state index contributed by atoms with van der Waals surface area (Å²) in [7, 11) is 4.32. The van der Waals surface area contributed by atoms with Crippen LogP contribution in [0.3, 0.4) is 0 Å². The summed E-state index contributed by atoms with van der Waals surface area (Å²) in [6, 6.07) is 4.60. The van der Waals surface area contributed by atoms with Gasteiger partial charge in [0.05, 0.1) is 0 Å². The van der Waals surface area contributed by atoms with Gasteiger partial charge in [-0.05, 0) is 69.8 Å². The first-order chi connectivity index (χ1) is 8.96. The van der Waals surface area contributed by atoms with E-state index in [4.69, 9.17) is 0 Å². The van der Waals surface area contributed by atoms with Gasteiger partial charge in [0.25, 0.3) is 0 Å². The average Bonchev–Trinajstić information content (AvgIpc) is 3.03. The molecular weight excluding hydrogens is 232 g/mol. The fraction of sp³-hybridized carbons (Fsp3) is 0.647. The quantitative estimate of drug-likeness (QED) is 0.846. The second-order valence-electron chi connectivity index (χ2n) is 6.58. The van der Waals surface area contributed by atoms with Gasteiger partial charge >= 0.3 is 0 Å². The van der Waals surface area contributed by atoms with E-state index >= 15 is 0 Å². The molecule has 1 aliphatic carbocycles. The van der Waals surface area contributed by atoms with Gasteiger partial charge in [0.15, 0.2) is 0 Å². The Bertz CT molecular complexity index is 424. The van der Waals surface area contributed by atoms with Gasteiger partial charge in [0, 0.05) is 19.6 Å². The maximum Gasteiger partial charge on any atom is 0.0236 e. The molecule has 106 valence electrons. The van der Waals surface area contributed by atoms with Crippen LogP contribution in [0.1, 0.15) is 35.1 Å². The predicted octanol–water partition coefficient (Wildman–Crippen LogP) is 3.04. The number of hydrogen-bond acceptors (Lipinski definition) is 2. The summed E-state index contributed by atoms with van der Waals surface area (Å²) >= 11 is 0. The van der Waals surface area contributed by atoms with Gasteiger partial charge in [-0.25, -0.2) is 0 Å².